The first-order chi connectivity index (χ1) is 14.3. The Bertz CT molecular complexity index is 1250. The number of hydrogen-bond acceptors (Lipinski definition) is 11. The summed E-state index contributed by atoms with van der Waals surface area (Å²) in [6.45, 7) is 3.31. The lowest BCUT2D eigenvalue weighted by Crippen LogP contribution is -2.02. The van der Waals surface area contributed by atoms with Crippen LogP contribution in [0.2, 0.25) is 0 Å². The number of aromatic hydroxyl groups is 1. The first-order valence-corrected chi connectivity index (χ1v) is 10.1. The molecule has 0 atom stereocenters. The van der Waals surface area contributed by atoms with E-state index in [-0.39, 0.29) is 32.7 Å². The van der Waals surface area contributed by atoms with E-state index in [4.69, 9.17) is 11.0 Å². The van der Waals surface area contributed by atoms with E-state index >= 15 is 0 Å². The Labute approximate surface area is 174 Å². The van der Waals surface area contributed by atoms with Gasteiger partial charge in [0.1, 0.15) is 10.6 Å². The summed E-state index contributed by atoms with van der Waals surface area (Å²) in [4.78, 5) is 3.05. The lowest BCUT2D eigenvalue weighted by molar-refractivity contribution is -0.432. The second-order valence-corrected chi connectivity index (χ2v) is 7.83. The number of nitrogens with two attached hydrogens (primary N) is 1. The number of hydrogen-bond donors (Lipinski definition) is 4. The van der Waals surface area contributed by atoms with Gasteiger partial charge in [-0.15, -0.1) is 9.45 Å². The molecule has 3 aromatic carbocycles. The van der Waals surface area contributed by atoms with Crippen LogP contribution < -0.4 is 5.73 Å². The molecule has 0 fully saturated rings. The molecule has 0 spiro atoms. The Kier molecular flexibility index (Phi) is 6.31. The smallest absolute Gasteiger partial charge is 0.295 e. The van der Waals surface area contributed by atoms with Gasteiger partial charge in [0.05, 0.1) is 39.4 Å². The van der Waals surface area contributed by atoms with E-state index in [9.17, 15) is 18.1 Å². The number of phenolic OH excluding ortho intramolecular Hbond substituents is 1. The summed E-state index contributed by atoms with van der Waals surface area (Å²) < 4.78 is 37.8. The average molecular weight is 450 g/mol. The van der Waals surface area contributed by atoms with Gasteiger partial charge in [0.15, 0.2) is 5.75 Å². The van der Waals surface area contributed by atoms with Crippen LogP contribution in [-0.2, 0) is 19.5 Å². The number of aliphatic imine (C=N–C) groups is 1. The van der Waals surface area contributed by atoms with Gasteiger partial charge >= 0.3 is 0 Å². The molecule has 0 saturated heterocycles. The van der Waals surface area contributed by atoms with Crippen molar-refractivity contribution in [3.05, 3.63) is 42.5 Å². The number of anilines is 1. The summed E-state index contributed by atoms with van der Waals surface area (Å²) in [5.74, 6) is -0.566. The summed E-state index contributed by atoms with van der Waals surface area (Å²) in [6, 6.07) is 10.8. The minimum atomic E-state index is -4.74. The summed E-state index contributed by atoms with van der Waals surface area (Å²) in [5, 5.41) is 30.6. The zero-order valence-corrected chi connectivity index (χ0v) is 16.6. The van der Waals surface area contributed by atoms with Gasteiger partial charge in [-0.05, 0) is 31.0 Å². The standard InChI is InChI=1S/C17H14N4O7S2/c1-19-11-8-13(30(24,25)26)10-7-12(29-28-27-23)16(17(22)14(10)15(11)18)21-20-9-5-3-2-4-6-9/h2-8,22-23H,1,18H2,(H,24,25,26). The first-order valence-electron chi connectivity index (χ1n) is 7.95. The molecule has 3 aromatic rings. The Morgan fingerprint density at radius 3 is 2.43 bits per heavy atom. The molecule has 5 N–H and O–H groups in total. The molecule has 0 bridgehead atoms. The SMILES string of the molecule is C=Nc1cc(S(=O)(=O)O)c2cc(SOOO)c(N=Nc3ccccc3)c(O)c2c1N. The van der Waals surface area contributed by atoms with Crippen molar-refractivity contribution in [2.75, 3.05) is 5.73 Å². The van der Waals surface area contributed by atoms with Crippen molar-refractivity contribution in [1.82, 2.24) is 0 Å². The molecule has 11 nitrogen and oxygen atoms in total. The van der Waals surface area contributed by atoms with Crippen LogP contribution >= 0.6 is 12.0 Å². The number of benzene rings is 3. The minimum absolute atomic E-state index is 0.00246. The van der Waals surface area contributed by atoms with Crippen LogP contribution in [0, 0.1) is 0 Å². The highest BCUT2D eigenvalue weighted by molar-refractivity contribution is 7.94. The number of phenols is 1. The number of nitrogen functional groups attached to an aromatic ring is 1. The number of nitrogens with zero attached hydrogens (tertiary/aromatic N) is 3. The van der Waals surface area contributed by atoms with Crippen molar-refractivity contribution < 1.29 is 32.7 Å². The second-order valence-electron chi connectivity index (χ2n) is 5.70. The Hall–Kier alpha value is -3.07. The van der Waals surface area contributed by atoms with Crippen molar-refractivity contribution in [3.8, 4) is 5.75 Å². The van der Waals surface area contributed by atoms with Crippen molar-refractivity contribution in [1.29, 1.82) is 0 Å². The lowest BCUT2D eigenvalue weighted by atomic mass is 10.0. The molecule has 156 valence electrons. The summed E-state index contributed by atoms with van der Waals surface area (Å²) in [6.07, 6.45) is 0. The molecular formula is C17H14N4O7S2. The average Bonchev–Trinajstić information content (AvgIpc) is 2.71. The van der Waals surface area contributed by atoms with E-state index in [2.05, 4.69) is 31.3 Å². The van der Waals surface area contributed by atoms with Gasteiger partial charge in [-0.3, -0.25) is 9.55 Å². The van der Waals surface area contributed by atoms with Gasteiger partial charge < -0.3 is 10.8 Å². The molecule has 0 saturated carbocycles. The van der Waals surface area contributed by atoms with Crippen LogP contribution in [0.3, 0.4) is 0 Å². The molecule has 0 radical (unpaired) electrons. The highest BCUT2D eigenvalue weighted by atomic mass is 32.2. The van der Waals surface area contributed by atoms with Gasteiger partial charge in [-0.1, -0.05) is 23.2 Å². The molecule has 0 aromatic heterocycles. The van der Waals surface area contributed by atoms with Crippen LogP contribution in [0.4, 0.5) is 22.7 Å². The van der Waals surface area contributed by atoms with Gasteiger partial charge in [0.25, 0.3) is 10.1 Å². The fourth-order valence-electron chi connectivity index (χ4n) is 2.67. The summed E-state index contributed by atoms with van der Waals surface area (Å²) >= 11 is 0.407. The molecule has 0 amide bonds. The molecule has 3 rings (SSSR count). The van der Waals surface area contributed by atoms with Crippen LogP contribution in [-0.4, -0.2) is 30.1 Å². The maximum Gasteiger partial charge on any atom is 0.295 e. The first kappa shape index (κ1) is 21.6. The number of fused-ring (bicyclic) bond motifs is 1. The highest BCUT2D eigenvalue weighted by Gasteiger charge is 2.25. The predicted molar refractivity (Wildman–Crippen MR) is 110 cm³/mol. The predicted octanol–water partition coefficient (Wildman–Crippen LogP) is 4.55. The maximum absolute atomic E-state index is 11.9. The van der Waals surface area contributed by atoms with Crippen LogP contribution in [0.25, 0.3) is 10.8 Å². The van der Waals surface area contributed by atoms with Crippen LogP contribution in [0.5, 0.6) is 5.75 Å². The number of rotatable bonds is 7. The summed E-state index contributed by atoms with van der Waals surface area (Å²) in [5.41, 5.74) is 6.14. The third-order valence-electron chi connectivity index (χ3n) is 3.94. The molecule has 0 heterocycles. The van der Waals surface area contributed by atoms with E-state index < -0.39 is 20.8 Å². The third-order valence-corrected chi connectivity index (χ3v) is 5.46. The summed E-state index contributed by atoms with van der Waals surface area (Å²) in [7, 11) is -4.74. The molecule has 30 heavy (non-hydrogen) atoms. The van der Waals surface area contributed by atoms with Crippen LogP contribution in [0.1, 0.15) is 0 Å². The zero-order chi connectivity index (χ0) is 21.9. The molecule has 0 aliphatic heterocycles. The molecule has 0 unspecified atom stereocenters. The third kappa shape index (κ3) is 4.25. The van der Waals surface area contributed by atoms with E-state index in [0.29, 0.717) is 17.7 Å². The number of azo groups is 1. The van der Waals surface area contributed by atoms with Gasteiger partial charge in [0.2, 0.25) is 0 Å². The largest absolute Gasteiger partial charge is 0.505 e. The lowest BCUT2D eigenvalue weighted by Gasteiger charge is -2.14. The van der Waals surface area contributed by atoms with Gasteiger partial charge in [-0.2, -0.15) is 13.5 Å². The topological polar surface area (TPSA) is 176 Å². The Morgan fingerprint density at radius 2 is 1.83 bits per heavy atom. The molecular weight excluding hydrogens is 436 g/mol. The molecule has 0 aliphatic carbocycles. The Morgan fingerprint density at radius 1 is 1.13 bits per heavy atom. The fourth-order valence-corrected chi connectivity index (χ4v) is 3.85. The van der Waals surface area contributed by atoms with Crippen molar-refractivity contribution >= 4 is 62.4 Å². The van der Waals surface area contributed by atoms with E-state index in [1.807, 2.05) is 0 Å². The fraction of sp³-hybridized carbons (Fsp3) is 0. The van der Waals surface area contributed by atoms with E-state index in [1.54, 1.807) is 30.3 Å². The molecule has 0 aliphatic rings. The van der Waals surface area contributed by atoms with Crippen LogP contribution in [0.15, 0.2) is 67.5 Å². The maximum atomic E-state index is 11.9. The molecule has 13 heteroatoms. The quantitative estimate of drug-likeness (QED) is 0.0764. The minimum Gasteiger partial charge on any atom is -0.505 e. The van der Waals surface area contributed by atoms with Crippen molar-refractivity contribution in [2.24, 2.45) is 15.2 Å². The zero-order valence-electron chi connectivity index (χ0n) is 15.0. The van der Waals surface area contributed by atoms with Crippen molar-refractivity contribution in [3.63, 3.8) is 0 Å². The normalized spacial score (nSPS) is 11.9. The Balaban J connectivity index is 2.37. The monoisotopic (exact) mass is 450 g/mol. The second kappa shape index (κ2) is 8.74. The van der Waals surface area contributed by atoms with Crippen molar-refractivity contribution in [2.45, 2.75) is 9.79 Å². The van der Waals surface area contributed by atoms with E-state index in [1.165, 1.54) is 6.07 Å². The van der Waals surface area contributed by atoms with Gasteiger partial charge in [-0.25, -0.2) is 5.26 Å². The van der Waals surface area contributed by atoms with Gasteiger partial charge in [0, 0.05) is 5.39 Å². The highest BCUT2D eigenvalue weighted by Crippen LogP contribution is 2.49. The van der Waals surface area contributed by atoms with E-state index in [0.717, 1.165) is 6.07 Å².